The fourth-order valence-corrected chi connectivity index (χ4v) is 5.01. The molecule has 3 heterocycles. The lowest BCUT2D eigenvalue weighted by Crippen LogP contribution is -2.39. The van der Waals surface area contributed by atoms with Gasteiger partial charge in [-0.1, -0.05) is 23.7 Å². The lowest BCUT2D eigenvalue weighted by molar-refractivity contribution is -0.143. The van der Waals surface area contributed by atoms with Crippen LogP contribution in [0.25, 0.3) is 5.57 Å². The lowest BCUT2D eigenvalue weighted by Gasteiger charge is -2.30. The largest absolute Gasteiger partial charge is 0.481 e. The van der Waals surface area contributed by atoms with E-state index in [1.54, 1.807) is 22.7 Å². The average molecular weight is 382 g/mol. The van der Waals surface area contributed by atoms with Crippen LogP contribution in [-0.4, -0.2) is 35.6 Å². The molecule has 0 radical (unpaired) electrons. The Kier molecular flexibility index (Phi) is 6.11. The van der Waals surface area contributed by atoms with Crippen molar-refractivity contribution >= 4 is 45.8 Å². The molecule has 1 atom stereocenters. The zero-order valence-corrected chi connectivity index (χ0v) is 15.7. The van der Waals surface area contributed by atoms with Crippen LogP contribution < -0.4 is 0 Å². The highest BCUT2D eigenvalue weighted by Gasteiger charge is 2.24. The molecule has 1 fully saturated rings. The molecule has 0 saturated carbocycles. The summed E-state index contributed by atoms with van der Waals surface area (Å²) in [4.78, 5) is 15.9. The van der Waals surface area contributed by atoms with Gasteiger partial charge in [-0.3, -0.25) is 4.79 Å². The standard InChI is InChI=1S/C18H20ClNO2S2/c19-17-8-7-16(24-17)14(15-6-3-11-23-15)5-2-10-20-9-1-4-13(12-20)18(21)22/h3,5-8,11,13H,1-2,4,9-10,12H2,(H,21,22). The first kappa shape index (κ1) is 17.7. The van der Waals surface area contributed by atoms with Crippen LogP contribution in [0.2, 0.25) is 4.34 Å². The van der Waals surface area contributed by atoms with Crippen molar-refractivity contribution in [3.05, 3.63) is 49.8 Å². The Hall–Kier alpha value is -1.14. The Morgan fingerprint density at radius 3 is 2.92 bits per heavy atom. The average Bonchev–Trinajstić information content (AvgIpc) is 3.24. The number of nitrogens with zero attached hydrogens (tertiary/aromatic N) is 1. The number of aliphatic carboxylic acids is 1. The van der Waals surface area contributed by atoms with E-state index in [1.807, 2.05) is 6.07 Å². The predicted octanol–water partition coefficient (Wildman–Crippen LogP) is 5.08. The molecular formula is C18H20ClNO2S2. The van der Waals surface area contributed by atoms with Gasteiger partial charge in [-0.25, -0.2) is 0 Å². The van der Waals surface area contributed by atoms with Gasteiger partial charge in [0.1, 0.15) is 0 Å². The zero-order chi connectivity index (χ0) is 16.9. The fraction of sp³-hybridized carbons (Fsp3) is 0.389. The van der Waals surface area contributed by atoms with Crippen molar-refractivity contribution in [2.24, 2.45) is 5.92 Å². The Morgan fingerprint density at radius 2 is 2.25 bits per heavy atom. The maximum Gasteiger partial charge on any atom is 0.307 e. The number of carbonyl (C=O) groups is 1. The van der Waals surface area contributed by atoms with Crippen molar-refractivity contribution in [2.75, 3.05) is 19.6 Å². The number of carboxylic acids is 1. The van der Waals surface area contributed by atoms with E-state index < -0.39 is 5.97 Å². The molecule has 0 aromatic carbocycles. The second-order valence-electron chi connectivity index (χ2n) is 5.97. The van der Waals surface area contributed by atoms with Gasteiger partial charge in [0.25, 0.3) is 0 Å². The van der Waals surface area contributed by atoms with Gasteiger partial charge in [0, 0.05) is 28.4 Å². The second kappa shape index (κ2) is 8.30. The van der Waals surface area contributed by atoms with E-state index in [4.69, 9.17) is 11.6 Å². The number of carboxylic acid groups (broad SMARTS) is 1. The van der Waals surface area contributed by atoms with Gasteiger partial charge in [0.05, 0.1) is 10.3 Å². The summed E-state index contributed by atoms with van der Waals surface area (Å²) in [6.07, 6.45) is 4.95. The number of hydrogen-bond donors (Lipinski definition) is 1. The van der Waals surface area contributed by atoms with Gasteiger partial charge in [0.15, 0.2) is 0 Å². The summed E-state index contributed by atoms with van der Waals surface area (Å²) >= 11 is 9.42. The van der Waals surface area contributed by atoms with Gasteiger partial charge in [-0.2, -0.15) is 0 Å². The van der Waals surface area contributed by atoms with Crippen LogP contribution in [0.5, 0.6) is 0 Å². The van der Waals surface area contributed by atoms with Crippen molar-refractivity contribution in [2.45, 2.75) is 19.3 Å². The number of likely N-dealkylation sites (tertiary alicyclic amines) is 1. The highest BCUT2D eigenvalue weighted by Crippen LogP contribution is 2.34. The van der Waals surface area contributed by atoms with Crippen molar-refractivity contribution in [3.63, 3.8) is 0 Å². The molecule has 0 spiro atoms. The molecular weight excluding hydrogens is 362 g/mol. The van der Waals surface area contributed by atoms with Gasteiger partial charge >= 0.3 is 5.97 Å². The molecule has 128 valence electrons. The molecule has 1 aliphatic heterocycles. The normalized spacial score (nSPS) is 19.5. The molecule has 1 aliphatic rings. The molecule has 24 heavy (non-hydrogen) atoms. The van der Waals surface area contributed by atoms with E-state index in [1.165, 1.54) is 15.3 Å². The molecule has 2 aromatic rings. The predicted molar refractivity (Wildman–Crippen MR) is 102 cm³/mol. The Bertz CT molecular complexity index is 708. The first-order valence-electron chi connectivity index (χ1n) is 8.08. The van der Waals surface area contributed by atoms with E-state index in [-0.39, 0.29) is 5.92 Å². The van der Waals surface area contributed by atoms with E-state index in [2.05, 4.69) is 34.6 Å². The van der Waals surface area contributed by atoms with E-state index >= 15 is 0 Å². The Labute approximate surface area is 155 Å². The summed E-state index contributed by atoms with van der Waals surface area (Å²) in [6.45, 7) is 2.57. The maximum absolute atomic E-state index is 11.2. The van der Waals surface area contributed by atoms with Crippen LogP contribution in [0.1, 0.15) is 29.0 Å². The molecule has 1 saturated heterocycles. The summed E-state index contributed by atoms with van der Waals surface area (Å²) in [6, 6.07) is 8.20. The molecule has 1 N–H and O–H groups in total. The summed E-state index contributed by atoms with van der Waals surface area (Å²) < 4.78 is 0.799. The summed E-state index contributed by atoms with van der Waals surface area (Å²) in [5.41, 5.74) is 1.23. The lowest BCUT2D eigenvalue weighted by atomic mass is 9.98. The number of thiophene rings is 2. The fourth-order valence-electron chi connectivity index (χ4n) is 3.07. The van der Waals surface area contributed by atoms with Crippen molar-refractivity contribution in [1.82, 2.24) is 4.90 Å². The quantitative estimate of drug-likeness (QED) is 0.758. The van der Waals surface area contributed by atoms with Crippen LogP contribution >= 0.6 is 34.3 Å². The van der Waals surface area contributed by atoms with Gasteiger partial charge in [0.2, 0.25) is 0 Å². The second-order valence-corrected chi connectivity index (χ2v) is 8.63. The topological polar surface area (TPSA) is 40.5 Å². The SMILES string of the molecule is O=C(O)C1CCCN(CCC=C(c2cccs2)c2ccc(Cl)s2)C1. The van der Waals surface area contributed by atoms with Crippen LogP contribution in [0.4, 0.5) is 0 Å². The van der Waals surface area contributed by atoms with Crippen LogP contribution in [0, 0.1) is 5.92 Å². The highest BCUT2D eigenvalue weighted by molar-refractivity contribution is 7.18. The molecule has 0 aliphatic carbocycles. The summed E-state index contributed by atoms with van der Waals surface area (Å²) in [7, 11) is 0. The van der Waals surface area contributed by atoms with E-state index in [9.17, 15) is 9.90 Å². The molecule has 6 heteroatoms. The van der Waals surface area contributed by atoms with Crippen LogP contribution in [0.3, 0.4) is 0 Å². The number of rotatable bonds is 6. The van der Waals surface area contributed by atoms with Crippen molar-refractivity contribution in [1.29, 1.82) is 0 Å². The third-order valence-electron chi connectivity index (χ3n) is 4.27. The monoisotopic (exact) mass is 381 g/mol. The summed E-state index contributed by atoms with van der Waals surface area (Å²) in [5, 5.41) is 11.3. The zero-order valence-electron chi connectivity index (χ0n) is 13.3. The van der Waals surface area contributed by atoms with Gasteiger partial charge in [-0.15, -0.1) is 22.7 Å². The molecule has 3 nitrogen and oxygen atoms in total. The number of piperidine rings is 1. The molecule has 0 bridgehead atoms. The van der Waals surface area contributed by atoms with E-state index in [0.717, 1.165) is 36.7 Å². The smallest absolute Gasteiger partial charge is 0.307 e. The number of halogens is 1. The van der Waals surface area contributed by atoms with Crippen molar-refractivity contribution in [3.8, 4) is 0 Å². The van der Waals surface area contributed by atoms with Gasteiger partial charge in [-0.05, 0) is 49.4 Å². The Balaban J connectivity index is 1.67. The molecule has 2 aromatic heterocycles. The summed E-state index contributed by atoms with van der Waals surface area (Å²) in [5.74, 6) is -0.877. The third-order valence-corrected chi connectivity index (χ3v) is 6.44. The van der Waals surface area contributed by atoms with Crippen LogP contribution in [0.15, 0.2) is 35.7 Å². The van der Waals surface area contributed by atoms with E-state index in [0.29, 0.717) is 6.54 Å². The molecule has 3 rings (SSSR count). The van der Waals surface area contributed by atoms with Crippen molar-refractivity contribution < 1.29 is 9.90 Å². The maximum atomic E-state index is 11.2. The minimum absolute atomic E-state index is 0.212. The van der Waals surface area contributed by atoms with Gasteiger partial charge < -0.3 is 10.0 Å². The van der Waals surface area contributed by atoms with Crippen LogP contribution in [-0.2, 0) is 4.79 Å². The number of hydrogen-bond acceptors (Lipinski definition) is 4. The minimum Gasteiger partial charge on any atom is -0.481 e. The molecule has 1 unspecified atom stereocenters. The Morgan fingerprint density at radius 1 is 1.38 bits per heavy atom. The minimum atomic E-state index is -0.664. The first-order chi connectivity index (χ1) is 11.6. The highest BCUT2D eigenvalue weighted by atomic mass is 35.5. The third kappa shape index (κ3) is 4.48. The first-order valence-corrected chi connectivity index (χ1v) is 10.2. The molecule has 0 amide bonds.